The first-order chi connectivity index (χ1) is 29.5. The largest absolute Gasteiger partial charge is 0.756 e. The Kier molecular flexibility index (Phi) is 42.2. The quantitative estimate of drug-likeness (QED) is 0.0273. The highest BCUT2D eigenvalue weighted by Crippen LogP contribution is 2.38. The van der Waals surface area contributed by atoms with Gasteiger partial charge in [0.25, 0.3) is 7.82 Å². The molecule has 0 aliphatic heterocycles. The number of aliphatic hydroxyl groups excluding tert-OH is 1. The summed E-state index contributed by atoms with van der Waals surface area (Å²) in [5.74, 6) is -0.217. The van der Waals surface area contributed by atoms with Crippen LogP contribution in [0.3, 0.4) is 0 Å². The number of aliphatic hydroxyl groups is 1. The number of carbonyl (C=O) groups is 1. The van der Waals surface area contributed by atoms with Gasteiger partial charge in [-0.15, -0.1) is 0 Å². The van der Waals surface area contributed by atoms with Gasteiger partial charge in [-0.3, -0.25) is 9.36 Å². The van der Waals surface area contributed by atoms with Crippen LogP contribution in [-0.4, -0.2) is 68.5 Å². The molecule has 3 unspecified atom stereocenters. The van der Waals surface area contributed by atoms with E-state index in [1.165, 1.54) is 141 Å². The number of amides is 1. The summed E-state index contributed by atoms with van der Waals surface area (Å²) in [6.45, 7) is 4.60. The van der Waals surface area contributed by atoms with Crippen LogP contribution in [-0.2, 0) is 18.4 Å². The number of unbranched alkanes of at least 4 members (excludes halogenated alkanes) is 24. The lowest BCUT2D eigenvalue weighted by atomic mass is 10.1. The number of nitrogens with one attached hydrogen (secondary N) is 1. The average molecular weight is 877 g/mol. The number of rotatable bonds is 45. The molecule has 0 aromatic carbocycles. The lowest BCUT2D eigenvalue weighted by molar-refractivity contribution is -0.870. The number of quaternary nitrogens is 1. The number of phosphoric ester groups is 1. The summed E-state index contributed by atoms with van der Waals surface area (Å²) in [6.07, 6.45) is 57.0. The molecular weight excluding hydrogens is 780 g/mol. The molecule has 0 bridgehead atoms. The number of phosphoric acid groups is 1. The zero-order valence-electron chi connectivity index (χ0n) is 40.4. The molecule has 0 aromatic heterocycles. The molecule has 2 N–H and O–H groups in total. The van der Waals surface area contributed by atoms with Crippen LogP contribution in [0.15, 0.2) is 60.8 Å². The molecule has 61 heavy (non-hydrogen) atoms. The van der Waals surface area contributed by atoms with Crippen molar-refractivity contribution < 1.29 is 32.9 Å². The maximum absolute atomic E-state index is 12.9. The summed E-state index contributed by atoms with van der Waals surface area (Å²) in [6, 6.07) is -0.914. The van der Waals surface area contributed by atoms with E-state index in [9.17, 15) is 19.4 Å². The molecule has 1 amide bonds. The van der Waals surface area contributed by atoms with Crippen LogP contribution in [0.4, 0.5) is 0 Å². The topological polar surface area (TPSA) is 108 Å². The molecule has 8 nitrogen and oxygen atoms in total. The number of hydrogen-bond donors (Lipinski definition) is 2. The third kappa shape index (κ3) is 46.0. The minimum Gasteiger partial charge on any atom is -0.756 e. The molecule has 0 fully saturated rings. The van der Waals surface area contributed by atoms with Gasteiger partial charge in [0, 0.05) is 6.42 Å². The second-order valence-corrected chi connectivity index (χ2v) is 19.6. The van der Waals surface area contributed by atoms with Gasteiger partial charge in [-0.25, -0.2) is 0 Å². The van der Waals surface area contributed by atoms with Crippen molar-refractivity contribution in [3.05, 3.63) is 60.8 Å². The summed E-state index contributed by atoms with van der Waals surface area (Å²) < 4.78 is 23.2. The van der Waals surface area contributed by atoms with Crippen molar-refractivity contribution in [3.8, 4) is 0 Å². The molecule has 0 aliphatic carbocycles. The van der Waals surface area contributed by atoms with E-state index >= 15 is 0 Å². The van der Waals surface area contributed by atoms with Crippen molar-refractivity contribution in [1.29, 1.82) is 0 Å². The first-order valence-electron chi connectivity index (χ1n) is 25.2. The Morgan fingerprint density at radius 2 is 0.967 bits per heavy atom. The number of carbonyl (C=O) groups excluding carboxylic acids is 1. The lowest BCUT2D eigenvalue weighted by Gasteiger charge is -2.29. The zero-order chi connectivity index (χ0) is 45.0. The molecule has 0 saturated carbocycles. The number of hydrogen-bond acceptors (Lipinski definition) is 6. The molecule has 0 radical (unpaired) electrons. The van der Waals surface area contributed by atoms with Crippen molar-refractivity contribution in [2.45, 2.75) is 225 Å². The molecule has 0 rings (SSSR count). The number of allylic oxidation sites excluding steroid dienone is 9. The van der Waals surface area contributed by atoms with Crippen molar-refractivity contribution in [3.63, 3.8) is 0 Å². The molecule has 0 aromatic rings. The first-order valence-corrected chi connectivity index (χ1v) is 26.6. The predicted octanol–water partition coefficient (Wildman–Crippen LogP) is 14.0. The summed E-state index contributed by atoms with van der Waals surface area (Å²) in [5, 5.41) is 13.8. The minimum atomic E-state index is -4.61. The van der Waals surface area contributed by atoms with E-state index in [1.54, 1.807) is 6.08 Å². The smallest absolute Gasteiger partial charge is 0.268 e. The average Bonchev–Trinajstić information content (AvgIpc) is 3.21. The van der Waals surface area contributed by atoms with Crippen LogP contribution in [0.1, 0.15) is 213 Å². The molecule has 356 valence electrons. The summed E-state index contributed by atoms with van der Waals surface area (Å²) in [4.78, 5) is 25.4. The Morgan fingerprint density at radius 1 is 0.574 bits per heavy atom. The van der Waals surface area contributed by atoms with Crippen LogP contribution < -0.4 is 10.2 Å². The van der Waals surface area contributed by atoms with Gasteiger partial charge in [-0.1, -0.05) is 190 Å². The normalized spacial score (nSPS) is 14.7. The molecule has 0 aliphatic rings. The third-order valence-corrected chi connectivity index (χ3v) is 11.9. The van der Waals surface area contributed by atoms with Crippen LogP contribution in [0.2, 0.25) is 0 Å². The second-order valence-electron chi connectivity index (χ2n) is 18.1. The van der Waals surface area contributed by atoms with E-state index in [4.69, 9.17) is 9.05 Å². The highest BCUT2D eigenvalue weighted by atomic mass is 31.2. The maximum Gasteiger partial charge on any atom is 0.268 e. The van der Waals surface area contributed by atoms with Gasteiger partial charge < -0.3 is 28.8 Å². The lowest BCUT2D eigenvalue weighted by Crippen LogP contribution is -2.45. The fourth-order valence-electron chi connectivity index (χ4n) is 6.92. The summed E-state index contributed by atoms with van der Waals surface area (Å²) in [5.41, 5.74) is 0. The Balaban J connectivity index is 4.41. The second kappa shape index (κ2) is 43.5. The van der Waals surface area contributed by atoms with Gasteiger partial charge in [-0.2, -0.15) is 0 Å². The van der Waals surface area contributed by atoms with Gasteiger partial charge in [0.05, 0.1) is 39.9 Å². The minimum absolute atomic E-state index is 0.0118. The van der Waals surface area contributed by atoms with E-state index < -0.39 is 26.6 Å². The molecule has 0 saturated heterocycles. The molecule has 0 heterocycles. The maximum atomic E-state index is 12.9. The molecule has 9 heteroatoms. The van der Waals surface area contributed by atoms with E-state index in [-0.39, 0.29) is 12.5 Å². The first kappa shape index (κ1) is 59.2. The van der Waals surface area contributed by atoms with Crippen molar-refractivity contribution >= 4 is 13.7 Å². The SMILES string of the molecule is CCCCCCC/C=C\C/C=C\CCCCCCCCCCCC(=O)NC(COP(=O)([O-])OCC[N+](C)(C)C)C(O)/C=C/CC/C=C/CC/C=C/CCCCCCCCCC. The van der Waals surface area contributed by atoms with E-state index in [0.717, 1.165) is 51.4 Å². The molecule has 3 atom stereocenters. The Bertz CT molecular complexity index is 1180. The van der Waals surface area contributed by atoms with Crippen LogP contribution in [0.5, 0.6) is 0 Å². The highest BCUT2D eigenvalue weighted by Gasteiger charge is 2.23. The monoisotopic (exact) mass is 877 g/mol. The Labute approximate surface area is 377 Å². The van der Waals surface area contributed by atoms with Crippen molar-refractivity contribution in [1.82, 2.24) is 5.32 Å². The predicted molar refractivity (Wildman–Crippen MR) is 261 cm³/mol. The van der Waals surface area contributed by atoms with Crippen molar-refractivity contribution in [2.75, 3.05) is 40.9 Å². The number of likely N-dealkylation sites (N-methyl/N-ethyl adjacent to an activating group) is 1. The summed E-state index contributed by atoms with van der Waals surface area (Å²) >= 11 is 0. The highest BCUT2D eigenvalue weighted by molar-refractivity contribution is 7.45. The van der Waals surface area contributed by atoms with Gasteiger partial charge >= 0.3 is 0 Å². The van der Waals surface area contributed by atoms with Gasteiger partial charge in [-0.05, 0) is 77.0 Å². The standard InChI is InChI=1S/C52H97N2O6P/c1-6-8-10-12-14-16-18-20-22-24-26-27-28-30-32-34-36-38-40-42-44-46-52(56)53-50(49-60-61(57,58)59-48-47-54(3,4)5)51(55)45-43-41-39-37-35-33-31-29-25-23-21-19-17-15-13-11-9-7-2/h18,20,24-26,29,35,37,43,45,50-51,55H,6-17,19,21-23,27-28,30-34,36,38-42,44,46-49H2,1-5H3,(H-,53,56,57,58)/b20-18-,26-24-,29-25+,37-35+,45-43+. The van der Waals surface area contributed by atoms with Crippen LogP contribution in [0.25, 0.3) is 0 Å². The Morgan fingerprint density at radius 3 is 1.43 bits per heavy atom. The van der Waals surface area contributed by atoms with Crippen molar-refractivity contribution in [2.24, 2.45) is 0 Å². The zero-order valence-corrected chi connectivity index (χ0v) is 41.2. The van der Waals surface area contributed by atoms with Gasteiger partial charge in [0.15, 0.2) is 0 Å². The van der Waals surface area contributed by atoms with Gasteiger partial charge in [0.2, 0.25) is 5.91 Å². The number of nitrogens with zero attached hydrogens (tertiary/aromatic N) is 1. The van der Waals surface area contributed by atoms with Crippen LogP contribution in [0, 0.1) is 0 Å². The fourth-order valence-corrected chi connectivity index (χ4v) is 7.64. The third-order valence-electron chi connectivity index (χ3n) is 10.9. The fraction of sp³-hybridized carbons (Fsp3) is 0.788. The van der Waals surface area contributed by atoms with E-state index in [1.807, 2.05) is 27.2 Å². The van der Waals surface area contributed by atoms with Crippen LogP contribution >= 0.6 is 7.82 Å². The molecular formula is C52H97N2O6P. The van der Waals surface area contributed by atoms with E-state index in [2.05, 4.69) is 67.8 Å². The van der Waals surface area contributed by atoms with Gasteiger partial charge in [0.1, 0.15) is 13.2 Å². The summed E-state index contributed by atoms with van der Waals surface area (Å²) in [7, 11) is 1.23. The van der Waals surface area contributed by atoms with E-state index in [0.29, 0.717) is 17.4 Å². The Hall–Kier alpha value is -1.80. The molecule has 0 spiro atoms.